The van der Waals surface area contributed by atoms with Gasteiger partial charge in [0, 0.05) is 7.11 Å². The van der Waals surface area contributed by atoms with Crippen molar-refractivity contribution in [2.45, 2.75) is 59.0 Å². The highest BCUT2D eigenvalue weighted by molar-refractivity contribution is 5.76. The molecule has 1 aliphatic carbocycles. The molecule has 1 rings (SSSR count). The third-order valence-corrected chi connectivity index (χ3v) is 4.04. The van der Waals surface area contributed by atoms with Crippen molar-refractivity contribution >= 4 is 11.9 Å². The number of hydrogen-bond acceptors (Lipinski definition) is 5. The van der Waals surface area contributed by atoms with E-state index in [1.165, 1.54) is 7.11 Å². The Morgan fingerprint density at radius 1 is 1.15 bits per heavy atom. The summed E-state index contributed by atoms with van der Waals surface area (Å²) in [5.41, 5.74) is -0.436. The maximum absolute atomic E-state index is 12.0. The number of ether oxygens (including phenoxy) is 3. The fourth-order valence-electron chi connectivity index (χ4n) is 2.11. The molecule has 1 saturated carbocycles. The molecule has 0 spiro atoms. The molecule has 116 valence electrons. The minimum atomic E-state index is -0.436. The highest BCUT2D eigenvalue weighted by Crippen LogP contribution is 2.30. The highest BCUT2D eigenvalue weighted by atomic mass is 16.7. The first kappa shape index (κ1) is 17.0. The zero-order valence-corrected chi connectivity index (χ0v) is 12.9. The summed E-state index contributed by atoms with van der Waals surface area (Å²) in [7, 11) is 1.49. The Labute approximate surface area is 121 Å². The van der Waals surface area contributed by atoms with Crippen molar-refractivity contribution in [2.75, 3.05) is 13.9 Å². The first-order valence-electron chi connectivity index (χ1n) is 7.27. The lowest BCUT2D eigenvalue weighted by Crippen LogP contribution is -2.33. The van der Waals surface area contributed by atoms with Gasteiger partial charge in [-0.2, -0.15) is 0 Å². The predicted octanol–water partition coefficient (Wildman–Crippen LogP) is 2.67. The van der Waals surface area contributed by atoms with Gasteiger partial charge < -0.3 is 14.2 Å². The number of methoxy groups -OCH3 is 1. The lowest BCUT2D eigenvalue weighted by atomic mass is 9.86. The van der Waals surface area contributed by atoms with Crippen molar-refractivity contribution in [3.8, 4) is 0 Å². The second-order valence-electron chi connectivity index (χ2n) is 5.99. The van der Waals surface area contributed by atoms with E-state index in [1.807, 2.05) is 20.8 Å². The van der Waals surface area contributed by atoms with E-state index in [0.29, 0.717) is 12.8 Å². The number of carbonyl (C=O) groups is 2. The summed E-state index contributed by atoms with van der Waals surface area (Å²) >= 11 is 0. The summed E-state index contributed by atoms with van der Waals surface area (Å²) in [6, 6.07) is 0. The van der Waals surface area contributed by atoms with Gasteiger partial charge in [-0.1, -0.05) is 6.92 Å². The van der Waals surface area contributed by atoms with Crippen LogP contribution in [-0.2, 0) is 23.8 Å². The Bertz CT molecular complexity index is 329. The van der Waals surface area contributed by atoms with E-state index < -0.39 is 5.41 Å². The number of carbonyl (C=O) groups excluding carboxylic acids is 2. The van der Waals surface area contributed by atoms with E-state index in [1.54, 1.807) is 0 Å². The van der Waals surface area contributed by atoms with Crippen LogP contribution < -0.4 is 0 Å². The van der Waals surface area contributed by atoms with E-state index in [4.69, 9.17) is 14.2 Å². The fraction of sp³-hybridized carbons (Fsp3) is 0.867. The molecular formula is C15H26O5. The van der Waals surface area contributed by atoms with Crippen LogP contribution in [0.4, 0.5) is 0 Å². The molecule has 0 aromatic carbocycles. The molecule has 0 heterocycles. The molecule has 1 fully saturated rings. The Morgan fingerprint density at radius 3 is 2.25 bits per heavy atom. The van der Waals surface area contributed by atoms with Crippen LogP contribution in [0.2, 0.25) is 0 Å². The Balaban J connectivity index is 2.35. The molecule has 0 saturated heterocycles. The van der Waals surface area contributed by atoms with Crippen molar-refractivity contribution in [3.05, 3.63) is 0 Å². The molecule has 5 heteroatoms. The quantitative estimate of drug-likeness (QED) is 0.555. The maximum Gasteiger partial charge on any atom is 0.311 e. The SMILES string of the molecule is CCC(C)(C)C(=O)OC1CCC(C(=O)OCOC)CC1. The molecule has 0 N–H and O–H groups in total. The van der Waals surface area contributed by atoms with Crippen LogP contribution in [-0.4, -0.2) is 31.9 Å². The number of hydrogen-bond donors (Lipinski definition) is 0. The predicted molar refractivity (Wildman–Crippen MR) is 73.9 cm³/mol. The van der Waals surface area contributed by atoms with Crippen LogP contribution >= 0.6 is 0 Å². The second-order valence-corrected chi connectivity index (χ2v) is 5.99. The van der Waals surface area contributed by atoms with Gasteiger partial charge in [-0.15, -0.1) is 0 Å². The average molecular weight is 286 g/mol. The summed E-state index contributed by atoms with van der Waals surface area (Å²) in [5, 5.41) is 0. The van der Waals surface area contributed by atoms with Gasteiger partial charge in [0.2, 0.25) is 0 Å². The molecule has 0 unspecified atom stereocenters. The van der Waals surface area contributed by atoms with Crippen molar-refractivity contribution in [3.63, 3.8) is 0 Å². The summed E-state index contributed by atoms with van der Waals surface area (Å²) in [4.78, 5) is 23.7. The normalized spacial score (nSPS) is 23.2. The van der Waals surface area contributed by atoms with Crippen LogP contribution in [0.15, 0.2) is 0 Å². The molecule has 0 radical (unpaired) electrons. The molecule has 1 aliphatic rings. The van der Waals surface area contributed by atoms with Crippen LogP contribution in [0.5, 0.6) is 0 Å². The van der Waals surface area contributed by atoms with E-state index in [0.717, 1.165) is 19.3 Å². The van der Waals surface area contributed by atoms with Crippen molar-refractivity contribution in [1.29, 1.82) is 0 Å². The largest absolute Gasteiger partial charge is 0.462 e. The second kappa shape index (κ2) is 7.62. The molecule has 0 bridgehead atoms. The fourth-order valence-corrected chi connectivity index (χ4v) is 2.11. The smallest absolute Gasteiger partial charge is 0.311 e. The van der Waals surface area contributed by atoms with Crippen molar-refractivity contribution in [1.82, 2.24) is 0 Å². The van der Waals surface area contributed by atoms with E-state index >= 15 is 0 Å². The maximum atomic E-state index is 12.0. The van der Waals surface area contributed by atoms with E-state index in [2.05, 4.69) is 0 Å². The van der Waals surface area contributed by atoms with Crippen molar-refractivity contribution in [2.24, 2.45) is 11.3 Å². The minimum absolute atomic E-state index is 0.00155. The van der Waals surface area contributed by atoms with Crippen LogP contribution in [0.25, 0.3) is 0 Å². The average Bonchev–Trinajstić information content (AvgIpc) is 2.45. The molecule has 0 aliphatic heterocycles. The van der Waals surface area contributed by atoms with E-state index in [-0.39, 0.29) is 30.8 Å². The van der Waals surface area contributed by atoms with Gasteiger partial charge in [0.05, 0.1) is 11.3 Å². The number of rotatable bonds is 6. The van der Waals surface area contributed by atoms with Gasteiger partial charge in [-0.3, -0.25) is 9.59 Å². The Hall–Kier alpha value is -1.10. The third kappa shape index (κ3) is 4.78. The minimum Gasteiger partial charge on any atom is -0.462 e. The highest BCUT2D eigenvalue weighted by Gasteiger charge is 2.33. The third-order valence-electron chi connectivity index (χ3n) is 4.04. The van der Waals surface area contributed by atoms with Gasteiger partial charge in [-0.05, 0) is 46.0 Å². The van der Waals surface area contributed by atoms with E-state index in [9.17, 15) is 9.59 Å². The number of esters is 2. The summed E-state index contributed by atoms with van der Waals surface area (Å²) in [6.45, 7) is 5.76. The van der Waals surface area contributed by atoms with Gasteiger partial charge in [-0.25, -0.2) is 0 Å². The molecule has 5 nitrogen and oxygen atoms in total. The van der Waals surface area contributed by atoms with Crippen LogP contribution in [0.3, 0.4) is 0 Å². The lowest BCUT2D eigenvalue weighted by Gasteiger charge is -2.30. The van der Waals surface area contributed by atoms with Gasteiger partial charge in [0.15, 0.2) is 6.79 Å². The van der Waals surface area contributed by atoms with Gasteiger partial charge >= 0.3 is 11.9 Å². The first-order chi connectivity index (χ1) is 9.40. The Kier molecular flexibility index (Phi) is 6.46. The van der Waals surface area contributed by atoms with Gasteiger partial charge in [0.25, 0.3) is 0 Å². The Morgan fingerprint density at radius 2 is 1.75 bits per heavy atom. The molecule has 0 atom stereocenters. The topological polar surface area (TPSA) is 61.8 Å². The molecule has 0 amide bonds. The van der Waals surface area contributed by atoms with Crippen LogP contribution in [0, 0.1) is 11.3 Å². The molecule has 0 aromatic rings. The summed E-state index contributed by atoms with van der Waals surface area (Å²) in [6.07, 6.45) is 3.53. The summed E-state index contributed by atoms with van der Waals surface area (Å²) in [5.74, 6) is -0.463. The molecular weight excluding hydrogens is 260 g/mol. The lowest BCUT2D eigenvalue weighted by molar-refractivity contribution is -0.165. The first-order valence-corrected chi connectivity index (χ1v) is 7.27. The molecule has 0 aromatic heterocycles. The standard InChI is InChI=1S/C15H26O5/c1-5-15(2,3)14(17)20-12-8-6-11(7-9-12)13(16)19-10-18-4/h11-12H,5-10H2,1-4H3. The van der Waals surface area contributed by atoms with Crippen LogP contribution in [0.1, 0.15) is 52.9 Å². The zero-order valence-electron chi connectivity index (χ0n) is 12.9. The summed E-state index contributed by atoms with van der Waals surface area (Å²) < 4.78 is 15.2. The van der Waals surface area contributed by atoms with Gasteiger partial charge in [0.1, 0.15) is 6.10 Å². The molecule has 20 heavy (non-hydrogen) atoms. The monoisotopic (exact) mass is 286 g/mol. The van der Waals surface area contributed by atoms with Crippen molar-refractivity contribution < 1.29 is 23.8 Å². The zero-order chi connectivity index (χ0) is 15.2.